The fraction of sp³-hybridized carbons (Fsp3) is 0.200. The normalized spacial score (nSPS) is 12.8. The van der Waals surface area contributed by atoms with Gasteiger partial charge < -0.3 is 4.74 Å². The maximum absolute atomic E-state index is 13.6. The molecule has 94 valence electrons. The third-order valence-corrected chi connectivity index (χ3v) is 4.31. The molecule has 2 rings (SSSR count). The van der Waals surface area contributed by atoms with Gasteiger partial charge >= 0.3 is 0 Å². The Morgan fingerprint density at radius 2 is 1.72 bits per heavy atom. The van der Waals surface area contributed by atoms with Crippen molar-refractivity contribution in [3.63, 3.8) is 0 Å². The number of ether oxygens (including phenoxy) is 1. The van der Waals surface area contributed by atoms with E-state index < -0.39 is 0 Å². The maximum atomic E-state index is 13.6. The SMILES string of the molecule is COc1ccccc1C(C)Pc1ccccc1F. The van der Waals surface area contributed by atoms with Crippen molar-refractivity contribution in [2.24, 2.45) is 0 Å². The fourth-order valence-electron chi connectivity index (χ4n) is 1.91. The minimum Gasteiger partial charge on any atom is -0.496 e. The van der Waals surface area contributed by atoms with Crippen molar-refractivity contribution in [1.29, 1.82) is 0 Å². The average molecular weight is 262 g/mol. The van der Waals surface area contributed by atoms with Crippen LogP contribution in [0.5, 0.6) is 5.75 Å². The first-order chi connectivity index (χ1) is 8.72. The summed E-state index contributed by atoms with van der Waals surface area (Å²) in [5.74, 6) is 0.742. The van der Waals surface area contributed by atoms with Gasteiger partial charge in [0, 0.05) is 16.5 Å². The number of hydrogen-bond acceptors (Lipinski definition) is 1. The Kier molecular flexibility index (Phi) is 4.33. The molecule has 0 saturated carbocycles. The Morgan fingerprint density at radius 3 is 2.44 bits per heavy atom. The second-order valence-electron chi connectivity index (χ2n) is 4.09. The number of para-hydroxylation sites is 1. The van der Waals surface area contributed by atoms with Gasteiger partial charge in [0.2, 0.25) is 0 Å². The fourth-order valence-corrected chi connectivity index (χ4v) is 3.19. The van der Waals surface area contributed by atoms with Gasteiger partial charge in [0.05, 0.1) is 7.11 Å². The summed E-state index contributed by atoms with van der Waals surface area (Å²) in [6, 6.07) is 14.9. The van der Waals surface area contributed by atoms with Crippen LogP contribution in [0.4, 0.5) is 4.39 Å². The smallest absolute Gasteiger partial charge is 0.130 e. The highest BCUT2D eigenvalue weighted by atomic mass is 31.1. The quantitative estimate of drug-likeness (QED) is 0.759. The van der Waals surface area contributed by atoms with Crippen molar-refractivity contribution < 1.29 is 9.13 Å². The molecule has 2 unspecified atom stereocenters. The number of halogens is 1. The zero-order chi connectivity index (χ0) is 13.0. The third-order valence-electron chi connectivity index (χ3n) is 2.85. The highest BCUT2D eigenvalue weighted by molar-refractivity contribution is 7.47. The van der Waals surface area contributed by atoms with Crippen molar-refractivity contribution in [1.82, 2.24) is 0 Å². The van der Waals surface area contributed by atoms with E-state index in [-0.39, 0.29) is 11.5 Å². The molecule has 0 radical (unpaired) electrons. The van der Waals surface area contributed by atoms with Crippen LogP contribution in [-0.4, -0.2) is 7.11 Å². The van der Waals surface area contributed by atoms with Crippen LogP contribution in [0, 0.1) is 5.82 Å². The molecule has 18 heavy (non-hydrogen) atoms. The van der Waals surface area contributed by atoms with E-state index in [4.69, 9.17) is 4.74 Å². The zero-order valence-corrected chi connectivity index (χ0v) is 11.5. The molecule has 0 amide bonds. The minimum atomic E-state index is -0.127. The van der Waals surface area contributed by atoms with Crippen molar-refractivity contribution in [2.45, 2.75) is 12.6 Å². The predicted octanol–water partition coefficient (Wildman–Crippen LogP) is 3.90. The molecule has 0 aliphatic rings. The first kappa shape index (κ1) is 13.0. The van der Waals surface area contributed by atoms with Crippen LogP contribution in [0.3, 0.4) is 0 Å². The van der Waals surface area contributed by atoms with Crippen LogP contribution in [0.1, 0.15) is 18.1 Å². The van der Waals surface area contributed by atoms with Crippen LogP contribution < -0.4 is 10.0 Å². The van der Waals surface area contributed by atoms with Crippen LogP contribution >= 0.6 is 8.58 Å². The van der Waals surface area contributed by atoms with Gasteiger partial charge in [-0.1, -0.05) is 51.9 Å². The lowest BCUT2D eigenvalue weighted by molar-refractivity contribution is 0.410. The van der Waals surface area contributed by atoms with Crippen molar-refractivity contribution >= 4 is 13.9 Å². The molecule has 0 N–H and O–H groups in total. The summed E-state index contributed by atoms with van der Waals surface area (Å²) in [4.78, 5) is 0. The molecule has 0 heterocycles. The first-order valence-corrected chi connectivity index (χ1v) is 6.94. The molecule has 0 fully saturated rings. The molecule has 2 aromatic rings. The standard InChI is InChI=1S/C15H16FOP/c1-11(12-7-3-5-9-14(12)17-2)18-15-10-6-4-8-13(15)16/h3-11,18H,1-2H3. The van der Waals surface area contributed by atoms with Gasteiger partial charge in [0.25, 0.3) is 0 Å². The summed E-state index contributed by atoms with van der Waals surface area (Å²) in [5.41, 5.74) is 1.37. The number of methoxy groups -OCH3 is 1. The molecule has 0 aliphatic carbocycles. The van der Waals surface area contributed by atoms with Crippen LogP contribution in [0.25, 0.3) is 0 Å². The lowest BCUT2D eigenvalue weighted by atomic mass is 10.1. The highest BCUT2D eigenvalue weighted by Gasteiger charge is 2.13. The molecule has 0 aliphatic heterocycles. The largest absolute Gasteiger partial charge is 0.496 e. The van der Waals surface area contributed by atoms with Gasteiger partial charge in [-0.3, -0.25) is 0 Å². The Hall–Kier alpha value is -1.40. The second kappa shape index (κ2) is 5.97. The van der Waals surface area contributed by atoms with E-state index in [2.05, 4.69) is 6.92 Å². The molecule has 2 aromatic carbocycles. The summed E-state index contributed by atoms with van der Waals surface area (Å²) < 4.78 is 19.0. The molecule has 0 aromatic heterocycles. The first-order valence-electron chi connectivity index (χ1n) is 5.86. The lowest BCUT2D eigenvalue weighted by Gasteiger charge is -2.16. The van der Waals surface area contributed by atoms with Crippen molar-refractivity contribution in [3.8, 4) is 5.75 Å². The van der Waals surface area contributed by atoms with E-state index in [0.29, 0.717) is 8.58 Å². The average Bonchev–Trinajstić information content (AvgIpc) is 2.41. The molecule has 0 bridgehead atoms. The molecule has 1 nitrogen and oxygen atoms in total. The van der Waals surface area contributed by atoms with E-state index in [1.807, 2.05) is 36.4 Å². The van der Waals surface area contributed by atoms with Crippen LogP contribution in [-0.2, 0) is 0 Å². The number of hydrogen-bond donors (Lipinski definition) is 0. The topological polar surface area (TPSA) is 9.23 Å². The Morgan fingerprint density at radius 1 is 1.06 bits per heavy atom. The van der Waals surface area contributed by atoms with E-state index in [0.717, 1.165) is 16.6 Å². The van der Waals surface area contributed by atoms with Gasteiger partial charge in [0.1, 0.15) is 11.6 Å². The van der Waals surface area contributed by atoms with E-state index in [1.54, 1.807) is 13.2 Å². The van der Waals surface area contributed by atoms with Gasteiger partial charge in [0.15, 0.2) is 0 Å². The number of rotatable bonds is 4. The van der Waals surface area contributed by atoms with Crippen molar-refractivity contribution in [3.05, 3.63) is 59.9 Å². The third kappa shape index (κ3) is 2.88. The monoisotopic (exact) mass is 262 g/mol. The van der Waals surface area contributed by atoms with E-state index in [9.17, 15) is 4.39 Å². The van der Waals surface area contributed by atoms with Gasteiger partial charge in [-0.15, -0.1) is 0 Å². The molecular weight excluding hydrogens is 246 g/mol. The maximum Gasteiger partial charge on any atom is 0.130 e. The summed E-state index contributed by atoms with van der Waals surface area (Å²) in [7, 11) is 2.06. The van der Waals surface area contributed by atoms with Gasteiger partial charge in [-0.2, -0.15) is 0 Å². The summed E-state index contributed by atoms with van der Waals surface area (Å²) in [6.07, 6.45) is 0. The molecule has 2 atom stereocenters. The second-order valence-corrected chi connectivity index (χ2v) is 5.78. The lowest BCUT2D eigenvalue weighted by Crippen LogP contribution is -2.03. The Bertz CT molecular complexity index is 527. The summed E-state index contributed by atoms with van der Waals surface area (Å²) in [6.45, 7) is 2.10. The zero-order valence-electron chi connectivity index (χ0n) is 10.5. The molecule has 3 heteroatoms. The predicted molar refractivity (Wildman–Crippen MR) is 75.8 cm³/mol. The Balaban J connectivity index is 2.22. The molecule has 0 saturated heterocycles. The molecule has 0 spiro atoms. The van der Waals surface area contributed by atoms with Gasteiger partial charge in [-0.25, -0.2) is 4.39 Å². The van der Waals surface area contributed by atoms with Gasteiger partial charge in [-0.05, 0) is 12.1 Å². The van der Waals surface area contributed by atoms with E-state index in [1.165, 1.54) is 6.07 Å². The van der Waals surface area contributed by atoms with Crippen LogP contribution in [0.15, 0.2) is 48.5 Å². The minimum absolute atomic E-state index is 0.127. The Labute approximate surface area is 109 Å². The van der Waals surface area contributed by atoms with Crippen LogP contribution in [0.2, 0.25) is 0 Å². The number of benzene rings is 2. The van der Waals surface area contributed by atoms with Crippen molar-refractivity contribution in [2.75, 3.05) is 7.11 Å². The molecular formula is C15H16FOP. The summed E-state index contributed by atoms with van der Waals surface area (Å²) in [5, 5.41) is 0.774. The highest BCUT2D eigenvalue weighted by Crippen LogP contribution is 2.38. The summed E-state index contributed by atoms with van der Waals surface area (Å²) >= 11 is 0. The van der Waals surface area contributed by atoms with E-state index >= 15 is 0 Å².